The van der Waals surface area contributed by atoms with Crippen molar-refractivity contribution in [2.75, 3.05) is 0 Å². The van der Waals surface area contributed by atoms with Gasteiger partial charge in [-0.25, -0.2) is 0 Å². The number of fused-ring (bicyclic) bond motifs is 1. The van der Waals surface area contributed by atoms with Crippen molar-refractivity contribution in [3.05, 3.63) is 84.9 Å². The SMILES string of the molecule is CC(C)(C)[Si](On1nnc2ccccc21)(c1ccccc1)c1ccccc1. The van der Waals surface area contributed by atoms with Crippen molar-refractivity contribution in [3.63, 3.8) is 0 Å². The minimum Gasteiger partial charge on any atom is -0.442 e. The Morgan fingerprint density at radius 1 is 0.741 bits per heavy atom. The van der Waals surface area contributed by atoms with Crippen molar-refractivity contribution >= 4 is 29.7 Å². The summed E-state index contributed by atoms with van der Waals surface area (Å²) in [7, 11) is -2.71. The summed E-state index contributed by atoms with van der Waals surface area (Å²) in [6, 6.07) is 29.0. The number of nitrogens with zero attached hydrogens (tertiary/aromatic N) is 3. The molecule has 27 heavy (non-hydrogen) atoms. The van der Waals surface area contributed by atoms with E-state index in [4.69, 9.17) is 4.53 Å². The van der Waals surface area contributed by atoms with Crippen LogP contribution in [0.3, 0.4) is 0 Å². The third kappa shape index (κ3) is 2.94. The van der Waals surface area contributed by atoms with Crippen LogP contribution in [0.25, 0.3) is 11.0 Å². The fourth-order valence-electron chi connectivity index (χ4n) is 3.67. The number of benzene rings is 3. The molecule has 4 nitrogen and oxygen atoms in total. The average Bonchev–Trinajstić information content (AvgIpc) is 3.09. The Balaban J connectivity index is 1.98. The van der Waals surface area contributed by atoms with E-state index in [0.717, 1.165) is 11.0 Å². The van der Waals surface area contributed by atoms with Crippen LogP contribution in [0.2, 0.25) is 5.04 Å². The highest BCUT2D eigenvalue weighted by Crippen LogP contribution is 2.35. The van der Waals surface area contributed by atoms with Crippen molar-refractivity contribution in [3.8, 4) is 0 Å². The molecule has 0 aliphatic rings. The molecule has 4 aromatic rings. The molecule has 5 heteroatoms. The van der Waals surface area contributed by atoms with Gasteiger partial charge in [-0.2, -0.15) is 0 Å². The second-order valence-electron chi connectivity index (χ2n) is 7.71. The molecule has 1 aromatic heterocycles. The Bertz CT molecular complexity index is 1000. The van der Waals surface area contributed by atoms with Gasteiger partial charge in [0.05, 0.1) is 0 Å². The molecule has 0 amide bonds. The predicted octanol–water partition coefficient (Wildman–Crippen LogP) is 3.42. The number of hydrogen-bond acceptors (Lipinski definition) is 3. The van der Waals surface area contributed by atoms with Gasteiger partial charge in [0.2, 0.25) is 0 Å². The van der Waals surface area contributed by atoms with E-state index in [1.54, 1.807) is 4.85 Å². The summed E-state index contributed by atoms with van der Waals surface area (Å²) in [5.74, 6) is 0. The van der Waals surface area contributed by atoms with Crippen LogP contribution in [0.4, 0.5) is 0 Å². The third-order valence-corrected chi connectivity index (χ3v) is 9.81. The summed E-state index contributed by atoms with van der Waals surface area (Å²) in [5.41, 5.74) is 1.71. The average molecular weight is 374 g/mol. The van der Waals surface area contributed by atoms with Gasteiger partial charge < -0.3 is 4.53 Å². The molecule has 0 fully saturated rings. The first-order chi connectivity index (χ1) is 13.0. The molecule has 0 bridgehead atoms. The van der Waals surface area contributed by atoms with Gasteiger partial charge >= 0.3 is 8.32 Å². The first-order valence-corrected chi connectivity index (χ1v) is 11.0. The first kappa shape index (κ1) is 17.5. The van der Waals surface area contributed by atoms with Crippen LogP contribution in [0.15, 0.2) is 84.9 Å². The number of rotatable bonds is 4. The maximum absolute atomic E-state index is 6.87. The smallest absolute Gasteiger partial charge is 0.354 e. The highest BCUT2D eigenvalue weighted by Gasteiger charge is 2.53. The molecule has 1 heterocycles. The van der Waals surface area contributed by atoms with E-state index in [1.165, 1.54) is 10.4 Å². The van der Waals surface area contributed by atoms with E-state index in [2.05, 4.69) is 79.6 Å². The standard InChI is InChI=1S/C22H23N3OSi/c1-22(2,3)27(18-12-6-4-7-13-18,19-14-8-5-9-15-19)26-25-21-17-11-10-16-20(21)23-24-25/h4-17H,1-3H3. The van der Waals surface area contributed by atoms with Crippen molar-refractivity contribution in [2.45, 2.75) is 25.8 Å². The van der Waals surface area contributed by atoms with Gasteiger partial charge in [-0.3, -0.25) is 0 Å². The molecule has 0 saturated heterocycles. The van der Waals surface area contributed by atoms with Crippen molar-refractivity contribution in [2.24, 2.45) is 0 Å². The number of para-hydroxylation sites is 1. The zero-order valence-corrected chi connectivity index (χ0v) is 16.8. The fraction of sp³-hybridized carbons (Fsp3) is 0.182. The zero-order chi connectivity index (χ0) is 18.9. The Hall–Kier alpha value is -2.92. The third-order valence-electron chi connectivity index (χ3n) is 4.96. The Kier molecular flexibility index (Phi) is 4.32. The maximum Gasteiger partial charge on any atom is 0.354 e. The van der Waals surface area contributed by atoms with E-state index in [0.29, 0.717) is 0 Å². The second kappa shape index (κ2) is 6.67. The van der Waals surface area contributed by atoms with Crippen LogP contribution in [0.1, 0.15) is 20.8 Å². The highest BCUT2D eigenvalue weighted by atomic mass is 28.4. The molecule has 0 aliphatic carbocycles. The lowest BCUT2D eigenvalue weighted by Gasteiger charge is -2.41. The highest BCUT2D eigenvalue weighted by molar-refractivity contribution is 6.99. The molecule has 0 N–H and O–H groups in total. The van der Waals surface area contributed by atoms with Crippen LogP contribution >= 0.6 is 0 Å². The van der Waals surface area contributed by atoms with Crippen molar-refractivity contribution in [1.29, 1.82) is 0 Å². The lowest BCUT2D eigenvalue weighted by Crippen LogP contribution is -2.71. The second-order valence-corrected chi connectivity index (χ2v) is 11.9. The van der Waals surface area contributed by atoms with Gasteiger partial charge in [-0.15, -0.1) is 5.10 Å². The van der Waals surface area contributed by atoms with Crippen molar-refractivity contribution in [1.82, 2.24) is 15.2 Å². The molecular formula is C22H23N3OSi. The molecule has 0 saturated carbocycles. The Morgan fingerprint density at radius 2 is 1.26 bits per heavy atom. The quantitative estimate of drug-likeness (QED) is 0.515. The summed E-state index contributed by atoms with van der Waals surface area (Å²) >= 11 is 0. The van der Waals surface area contributed by atoms with Gasteiger partial charge in [0.1, 0.15) is 11.0 Å². The minimum atomic E-state index is -2.71. The summed E-state index contributed by atoms with van der Waals surface area (Å²) in [6.45, 7) is 6.75. The molecule has 136 valence electrons. The molecule has 0 unspecified atom stereocenters. The van der Waals surface area contributed by atoms with Crippen LogP contribution < -0.4 is 14.9 Å². The number of aromatic nitrogens is 3. The Morgan fingerprint density at radius 3 is 1.81 bits per heavy atom. The van der Waals surface area contributed by atoms with E-state index >= 15 is 0 Å². The van der Waals surface area contributed by atoms with Gasteiger partial charge in [0, 0.05) is 5.04 Å². The van der Waals surface area contributed by atoms with Gasteiger partial charge in [0.25, 0.3) is 0 Å². The number of hydrogen-bond donors (Lipinski definition) is 0. The maximum atomic E-state index is 6.87. The Labute approximate surface area is 160 Å². The zero-order valence-electron chi connectivity index (χ0n) is 15.8. The van der Waals surface area contributed by atoms with E-state index in [-0.39, 0.29) is 5.04 Å². The fourth-order valence-corrected chi connectivity index (χ4v) is 7.93. The van der Waals surface area contributed by atoms with E-state index in [9.17, 15) is 0 Å². The van der Waals surface area contributed by atoms with Gasteiger partial charge in [0.15, 0.2) is 0 Å². The predicted molar refractivity (Wildman–Crippen MR) is 112 cm³/mol. The monoisotopic (exact) mass is 373 g/mol. The van der Waals surface area contributed by atoms with Crippen LogP contribution in [0, 0.1) is 0 Å². The lowest BCUT2D eigenvalue weighted by molar-refractivity contribution is 0.224. The van der Waals surface area contributed by atoms with Crippen molar-refractivity contribution < 1.29 is 4.53 Å². The van der Waals surface area contributed by atoms with Crippen LogP contribution in [-0.4, -0.2) is 23.5 Å². The molecule has 0 spiro atoms. The molecule has 0 aliphatic heterocycles. The van der Waals surface area contributed by atoms with Crippen LogP contribution in [0.5, 0.6) is 0 Å². The summed E-state index contributed by atoms with van der Waals surface area (Å²) in [4.78, 5) is 1.62. The minimum absolute atomic E-state index is 0.122. The summed E-state index contributed by atoms with van der Waals surface area (Å²) in [6.07, 6.45) is 0. The summed E-state index contributed by atoms with van der Waals surface area (Å²) < 4.78 is 6.87. The molecule has 4 rings (SSSR count). The van der Waals surface area contributed by atoms with Gasteiger partial charge in [-0.05, 0) is 27.7 Å². The lowest BCUT2D eigenvalue weighted by atomic mass is 10.2. The molecule has 0 atom stereocenters. The molecule has 0 radical (unpaired) electrons. The van der Waals surface area contributed by atoms with Gasteiger partial charge in [-0.1, -0.05) is 98.4 Å². The normalized spacial score (nSPS) is 12.3. The van der Waals surface area contributed by atoms with Crippen LogP contribution in [-0.2, 0) is 0 Å². The first-order valence-electron chi connectivity index (χ1n) is 9.13. The molecular weight excluding hydrogens is 350 g/mol. The summed E-state index contributed by atoms with van der Waals surface area (Å²) in [5, 5.41) is 10.9. The largest absolute Gasteiger partial charge is 0.442 e. The van der Waals surface area contributed by atoms with E-state index in [1.807, 2.05) is 36.4 Å². The molecule has 3 aromatic carbocycles. The van der Waals surface area contributed by atoms with E-state index < -0.39 is 8.32 Å². The topological polar surface area (TPSA) is 39.9 Å².